The van der Waals surface area contributed by atoms with Crippen LogP contribution in [-0.4, -0.2) is 14.3 Å². The fraction of sp³-hybridized carbons (Fsp3) is 1.00. The van der Waals surface area contributed by atoms with Crippen LogP contribution in [0.1, 0.15) is 0 Å². The van der Waals surface area contributed by atoms with Crippen molar-refractivity contribution in [3.05, 3.63) is 0 Å². The van der Waals surface area contributed by atoms with Gasteiger partial charge in [-0.15, -0.1) is 0 Å². The van der Waals surface area contributed by atoms with Crippen LogP contribution in [0, 0.1) is 0 Å². The van der Waals surface area contributed by atoms with E-state index in [1.165, 1.54) is 12.0 Å². The summed E-state index contributed by atoms with van der Waals surface area (Å²) in [5.41, 5.74) is 0. The van der Waals surface area contributed by atoms with E-state index in [0.717, 1.165) is 12.3 Å². The summed E-state index contributed by atoms with van der Waals surface area (Å²) in [6.45, 7) is 0. The van der Waals surface area contributed by atoms with Crippen molar-refractivity contribution < 1.29 is 7.73 Å². The normalized spacial score (nSPS) is 8.83. The zero-order valence-electron chi connectivity index (χ0n) is 3.21. The lowest BCUT2D eigenvalue weighted by molar-refractivity contribution is 0.623. The molecular weight excluding hydrogens is 119 g/mol. The summed E-state index contributed by atoms with van der Waals surface area (Å²) in [5, 5.41) is 0. The van der Waals surface area contributed by atoms with Gasteiger partial charge in [0.2, 0.25) is 0 Å². The molecule has 0 saturated heterocycles. The van der Waals surface area contributed by atoms with Crippen LogP contribution in [0.3, 0.4) is 0 Å². The molecule has 6 heavy (non-hydrogen) atoms. The molecular formula is CH3BO2S2. The Morgan fingerprint density at radius 3 is 2.50 bits per heavy atom. The van der Waals surface area contributed by atoms with Gasteiger partial charge < -0.3 is 4.10 Å². The second-order valence-electron chi connectivity index (χ2n) is 0.399. The molecule has 0 aliphatic rings. The molecule has 0 aromatic heterocycles. The van der Waals surface area contributed by atoms with Crippen molar-refractivity contribution in [2.24, 2.45) is 0 Å². The van der Waals surface area contributed by atoms with E-state index in [1.54, 1.807) is 6.26 Å². The molecule has 0 spiro atoms. The second kappa shape index (κ2) is 5.68. The molecule has 0 heterocycles. The molecule has 0 fully saturated rings. The Labute approximate surface area is 47.0 Å². The first-order valence-electron chi connectivity index (χ1n) is 1.14. The maximum Gasteiger partial charge on any atom is 0.308 e. The zero-order valence-corrected chi connectivity index (χ0v) is 4.84. The van der Waals surface area contributed by atoms with Crippen molar-refractivity contribution in [2.75, 3.05) is 6.26 Å². The first-order chi connectivity index (χ1) is 2.91. The van der Waals surface area contributed by atoms with E-state index in [-0.39, 0.29) is 0 Å². The minimum Gasteiger partial charge on any atom is -0.367 e. The van der Waals surface area contributed by atoms with Gasteiger partial charge in [-0.3, -0.25) is 0 Å². The molecule has 34 valence electrons. The minimum atomic E-state index is 0.749. The fourth-order valence-corrected chi connectivity index (χ4v) is 0.394. The standard InChI is InChI=1S/CH3BO2S2/c1-5-4-6-3-2/h1H3. The highest BCUT2D eigenvalue weighted by molar-refractivity contribution is 8.05. The fourth-order valence-electron chi connectivity index (χ4n) is 0.0438. The number of hydrogen-bond donors (Lipinski definition) is 0. The molecule has 5 heteroatoms. The minimum absolute atomic E-state index is 0.749. The van der Waals surface area contributed by atoms with Gasteiger partial charge >= 0.3 is 8.05 Å². The average molecular weight is 122 g/mol. The molecule has 0 aliphatic carbocycles. The summed E-state index contributed by atoms with van der Waals surface area (Å²) in [4.78, 5) is 0. The SMILES string of the molecule is [B]OSOSC. The second-order valence-corrected chi connectivity index (χ2v) is 1.61. The van der Waals surface area contributed by atoms with Crippen molar-refractivity contribution in [3.8, 4) is 0 Å². The van der Waals surface area contributed by atoms with E-state index in [2.05, 4.69) is 15.8 Å². The Morgan fingerprint density at radius 2 is 2.33 bits per heavy atom. The molecule has 0 rings (SSSR count). The third-order valence-electron chi connectivity index (χ3n) is 0.135. The van der Waals surface area contributed by atoms with Crippen LogP contribution in [0.5, 0.6) is 0 Å². The predicted molar refractivity (Wildman–Crippen MR) is 29.0 cm³/mol. The van der Waals surface area contributed by atoms with Gasteiger partial charge in [0.15, 0.2) is 12.3 Å². The van der Waals surface area contributed by atoms with Crippen LogP contribution in [0.25, 0.3) is 0 Å². The van der Waals surface area contributed by atoms with E-state index in [1.807, 2.05) is 0 Å². The van der Waals surface area contributed by atoms with Crippen molar-refractivity contribution in [1.82, 2.24) is 0 Å². The molecule has 0 amide bonds. The summed E-state index contributed by atoms with van der Waals surface area (Å²) in [6, 6.07) is 0. The molecule has 0 aromatic rings. The molecule has 0 bridgehead atoms. The lowest BCUT2D eigenvalue weighted by Gasteiger charge is -1.88. The summed E-state index contributed by atoms with van der Waals surface area (Å²) >= 11 is 1.93. The molecule has 0 saturated carbocycles. The van der Waals surface area contributed by atoms with Crippen molar-refractivity contribution in [2.45, 2.75) is 0 Å². The lowest BCUT2D eigenvalue weighted by atomic mass is 10.6. The Balaban J connectivity index is 2.34. The lowest BCUT2D eigenvalue weighted by Crippen LogP contribution is -1.65. The van der Waals surface area contributed by atoms with E-state index in [4.69, 9.17) is 0 Å². The molecule has 0 N–H and O–H groups in total. The molecule has 2 nitrogen and oxygen atoms in total. The molecule has 2 radical (unpaired) electrons. The van der Waals surface area contributed by atoms with Crippen LogP contribution in [0.15, 0.2) is 0 Å². The molecule has 0 aliphatic heterocycles. The summed E-state index contributed by atoms with van der Waals surface area (Å²) < 4.78 is 8.42. The van der Waals surface area contributed by atoms with E-state index in [0.29, 0.717) is 0 Å². The monoisotopic (exact) mass is 122 g/mol. The van der Waals surface area contributed by atoms with Crippen LogP contribution >= 0.6 is 24.4 Å². The van der Waals surface area contributed by atoms with E-state index in [9.17, 15) is 0 Å². The van der Waals surface area contributed by atoms with Gasteiger partial charge in [0, 0.05) is 18.3 Å². The van der Waals surface area contributed by atoms with Crippen LogP contribution in [0.2, 0.25) is 0 Å². The van der Waals surface area contributed by atoms with E-state index >= 15 is 0 Å². The molecule has 0 aromatic carbocycles. The molecule has 0 unspecified atom stereocenters. The van der Waals surface area contributed by atoms with Gasteiger partial charge in [-0.1, -0.05) is 0 Å². The molecule has 0 atom stereocenters. The van der Waals surface area contributed by atoms with Crippen molar-refractivity contribution in [3.63, 3.8) is 0 Å². The highest BCUT2D eigenvalue weighted by Crippen LogP contribution is 2.09. The third-order valence-corrected chi connectivity index (χ3v) is 0.980. The Bertz CT molecular complexity index is 23.5. The largest absolute Gasteiger partial charge is 0.367 e. The predicted octanol–water partition coefficient (Wildman–Crippen LogP) is 0.944. The first kappa shape index (κ1) is 6.68. The maximum absolute atomic E-state index is 4.54. The Hall–Kier alpha value is 0.685. The summed E-state index contributed by atoms with van der Waals surface area (Å²) in [5.74, 6) is 0. The Morgan fingerprint density at radius 1 is 1.67 bits per heavy atom. The maximum atomic E-state index is 4.54. The average Bonchev–Trinajstić information content (AvgIpc) is 1.61. The number of hydrogen-bond acceptors (Lipinski definition) is 4. The van der Waals surface area contributed by atoms with Gasteiger partial charge in [-0.2, -0.15) is 0 Å². The van der Waals surface area contributed by atoms with E-state index < -0.39 is 0 Å². The topological polar surface area (TPSA) is 18.5 Å². The van der Waals surface area contributed by atoms with Crippen molar-refractivity contribution >= 4 is 32.4 Å². The smallest absolute Gasteiger partial charge is 0.308 e. The van der Waals surface area contributed by atoms with Gasteiger partial charge in [0.25, 0.3) is 0 Å². The third kappa shape index (κ3) is 4.68. The van der Waals surface area contributed by atoms with Gasteiger partial charge in [0.05, 0.1) is 0 Å². The van der Waals surface area contributed by atoms with Crippen molar-refractivity contribution in [1.29, 1.82) is 0 Å². The van der Waals surface area contributed by atoms with Gasteiger partial charge in [0.1, 0.15) is 0 Å². The van der Waals surface area contributed by atoms with Gasteiger partial charge in [-0.05, 0) is 0 Å². The summed E-state index contributed by atoms with van der Waals surface area (Å²) in [7, 11) is 4.54. The quantitative estimate of drug-likeness (QED) is 0.315. The zero-order chi connectivity index (χ0) is 4.83. The van der Waals surface area contributed by atoms with Crippen LogP contribution in [0.4, 0.5) is 0 Å². The highest BCUT2D eigenvalue weighted by atomic mass is 32.2. The van der Waals surface area contributed by atoms with Gasteiger partial charge in [-0.25, -0.2) is 3.63 Å². The summed E-state index contributed by atoms with van der Waals surface area (Å²) in [6.07, 6.45) is 1.77. The van der Waals surface area contributed by atoms with Crippen LogP contribution < -0.4 is 0 Å². The first-order valence-corrected chi connectivity index (χ1v) is 2.96. The van der Waals surface area contributed by atoms with Crippen LogP contribution in [-0.2, 0) is 7.73 Å². The Kier molecular flexibility index (Phi) is 6.33. The highest BCUT2D eigenvalue weighted by Gasteiger charge is 1.75. The number of rotatable bonds is 3.